The van der Waals surface area contributed by atoms with E-state index in [4.69, 9.17) is 14.4 Å². The Bertz CT molecular complexity index is 3480. The SMILES string of the molecule is CC1(c2ccccc2)c2ccccc2-c2c(-c3cc(-c4ccc(-c5ccc(-c6ccc7oc8ccccc8c7c6)c6ccccc56)cc4)nc(-c4ccccc4)n3)cccc21. The number of hydrogen-bond donors (Lipinski definition) is 0. The zero-order chi connectivity index (χ0) is 40.5. The number of aromatic nitrogens is 2. The summed E-state index contributed by atoms with van der Waals surface area (Å²) in [7, 11) is 0. The summed E-state index contributed by atoms with van der Waals surface area (Å²) in [4.78, 5) is 10.5. The minimum absolute atomic E-state index is 0.304. The predicted molar refractivity (Wildman–Crippen MR) is 251 cm³/mol. The minimum atomic E-state index is -0.304. The summed E-state index contributed by atoms with van der Waals surface area (Å²) >= 11 is 0. The molecule has 0 saturated heterocycles. The molecule has 12 rings (SSSR count). The molecule has 0 bridgehead atoms. The van der Waals surface area contributed by atoms with Crippen molar-refractivity contribution in [2.45, 2.75) is 12.3 Å². The molecule has 0 spiro atoms. The van der Waals surface area contributed by atoms with Crippen LogP contribution in [-0.2, 0) is 5.41 Å². The fourth-order valence-electron chi connectivity index (χ4n) is 9.80. The Morgan fingerprint density at radius 1 is 0.361 bits per heavy atom. The number of para-hydroxylation sites is 1. The van der Waals surface area contributed by atoms with Crippen LogP contribution < -0.4 is 0 Å². The highest BCUT2D eigenvalue weighted by Crippen LogP contribution is 2.55. The summed E-state index contributed by atoms with van der Waals surface area (Å²) in [5.74, 6) is 0.704. The second-order valence-electron chi connectivity index (χ2n) is 16.2. The number of furan rings is 1. The molecule has 1 unspecified atom stereocenters. The van der Waals surface area contributed by atoms with Gasteiger partial charge in [-0.2, -0.15) is 0 Å². The molecule has 61 heavy (non-hydrogen) atoms. The van der Waals surface area contributed by atoms with E-state index in [0.29, 0.717) is 5.82 Å². The van der Waals surface area contributed by atoms with Gasteiger partial charge in [-0.15, -0.1) is 0 Å². The highest BCUT2D eigenvalue weighted by Gasteiger charge is 2.41. The molecule has 286 valence electrons. The van der Waals surface area contributed by atoms with Crippen LogP contribution in [0, 0.1) is 0 Å². The predicted octanol–water partition coefficient (Wildman–Crippen LogP) is 15.2. The van der Waals surface area contributed by atoms with E-state index in [-0.39, 0.29) is 5.41 Å². The van der Waals surface area contributed by atoms with E-state index in [1.54, 1.807) is 0 Å². The molecule has 3 nitrogen and oxygen atoms in total. The van der Waals surface area contributed by atoms with Gasteiger partial charge in [-0.1, -0.05) is 188 Å². The Labute approximate surface area is 354 Å². The van der Waals surface area contributed by atoms with Crippen LogP contribution in [0.4, 0.5) is 0 Å². The minimum Gasteiger partial charge on any atom is -0.456 e. The van der Waals surface area contributed by atoms with Crippen LogP contribution in [0.1, 0.15) is 23.6 Å². The van der Waals surface area contributed by atoms with E-state index in [2.05, 4.69) is 201 Å². The largest absolute Gasteiger partial charge is 0.456 e. The fraction of sp³-hybridized carbons (Fsp3) is 0.0345. The van der Waals surface area contributed by atoms with Gasteiger partial charge in [0.2, 0.25) is 0 Å². The second-order valence-corrected chi connectivity index (χ2v) is 16.2. The Morgan fingerprint density at radius 2 is 0.934 bits per heavy atom. The average molecular weight is 779 g/mol. The summed E-state index contributed by atoms with van der Waals surface area (Å²) in [5, 5.41) is 4.69. The molecule has 0 fully saturated rings. The summed E-state index contributed by atoms with van der Waals surface area (Å²) in [6, 6.07) is 75.8. The van der Waals surface area contributed by atoms with E-state index >= 15 is 0 Å². The number of fused-ring (bicyclic) bond motifs is 7. The van der Waals surface area contributed by atoms with E-state index in [0.717, 1.165) is 55.6 Å². The molecule has 3 heteroatoms. The maximum atomic E-state index is 6.15. The lowest BCUT2D eigenvalue weighted by Crippen LogP contribution is -2.22. The van der Waals surface area contributed by atoms with Crippen molar-refractivity contribution in [3.63, 3.8) is 0 Å². The van der Waals surface area contributed by atoms with Crippen molar-refractivity contribution in [3.05, 3.63) is 229 Å². The maximum absolute atomic E-state index is 6.15. The topological polar surface area (TPSA) is 38.9 Å². The van der Waals surface area contributed by atoms with Crippen LogP contribution in [0.15, 0.2) is 217 Å². The van der Waals surface area contributed by atoms with Crippen molar-refractivity contribution in [2.24, 2.45) is 0 Å². The van der Waals surface area contributed by atoms with Crippen molar-refractivity contribution in [1.29, 1.82) is 0 Å². The zero-order valence-corrected chi connectivity index (χ0v) is 33.5. The van der Waals surface area contributed by atoms with Crippen LogP contribution in [-0.4, -0.2) is 9.97 Å². The van der Waals surface area contributed by atoms with Crippen molar-refractivity contribution in [3.8, 4) is 67.3 Å². The third-order valence-corrected chi connectivity index (χ3v) is 12.8. The summed E-state index contributed by atoms with van der Waals surface area (Å²) in [6.45, 7) is 2.36. The third-order valence-electron chi connectivity index (χ3n) is 12.8. The van der Waals surface area contributed by atoms with Gasteiger partial charge in [-0.3, -0.25) is 0 Å². The standard InChI is InChI=1S/C58H38N2O/c1-58(41-17-6-3-7-18-41)50-24-12-10-22-47(50)56-48(23-14-25-51(56)58)53-36-52(59-57(60-53)39-15-4-2-5-16-39)38-29-27-37(28-30-38)42-32-33-43(45-20-9-8-19-44(42)45)40-31-34-55-49(35-40)46-21-11-13-26-54(46)61-55/h2-36H,1H3. The van der Waals surface area contributed by atoms with Gasteiger partial charge in [0.1, 0.15) is 11.2 Å². The van der Waals surface area contributed by atoms with Crippen LogP contribution in [0.5, 0.6) is 0 Å². The van der Waals surface area contributed by atoms with Gasteiger partial charge in [0.25, 0.3) is 0 Å². The monoisotopic (exact) mass is 778 g/mol. The molecule has 9 aromatic carbocycles. The number of benzene rings is 9. The van der Waals surface area contributed by atoms with Crippen LogP contribution in [0.25, 0.3) is 100.0 Å². The van der Waals surface area contributed by atoms with Gasteiger partial charge < -0.3 is 4.42 Å². The Morgan fingerprint density at radius 3 is 1.72 bits per heavy atom. The van der Waals surface area contributed by atoms with Crippen LogP contribution in [0.3, 0.4) is 0 Å². The van der Waals surface area contributed by atoms with Crippen molar-refractivity contribution >= 4 is 32.7 Å². The van der Waals surface area contributed by atoms with E-state index in [1.165, 1.54) is 55.3 Å². The first-order valence-corrected chi connectivity index (χ1v) is 20.9. The first kappa shape index (κ1) is 35.1. The van der Waals surface area contributed by atoms with E-state index in [1.807, 2.05) is 18.2 Å². The highest BCUT2D eigenvalue weighted by molar-refractivity contribution is 6.09. The summed E-state index contributed by atoms with van der Waals surface area (Å²) in [6.07, 6.45) is 0. The average Bonchev–Trinajstić information content (AvgIpc) is 3.84. The molecule has 1 aliphatic rings. The fourth-order valence-corrected chi connectivity index (χ4v) is 9.80. The van der Waals surface area contributed by atoms with Crippen LogP contribution >= 0.6 is 0 Å². The van der Waals surface area contributed by atoms with Gasteiger partial charge in [0, 0.05) is 32.9 Å². The van der Waals surface area contributed by atoms with Crippen molar-refractivity contribution < 1.29 is 4.42 Å². The van der Waals surface area contributed by atoms with Crippen molar-refractivity contribution in [2.75, 3.05) is 0 Å². The second kappa shape index (κ2) is 13.9. The first-order valence-electron chi connectivity index (χ1n) is 20.9. The maximum Gasteiger partial charge on any atom is 0.160 e. The van der Waals surface area contributed by atoms with Crippen molar-refractivity contribution in [1.82, 2.24) is 9.97 Å². The smallest absolute Gasteiger partial charge is 0.160 e. The molecule has 0 radical (unpaired) electrons. The Hall–Kier alpha value is -7.88. The van der Waals surface area contributed by atoms with Gasteiger partial charge in [0.15, 0.2) is 5.82 Å². The van der Waals surface area contributed by atoms with E-state index in [9.17, 15) is 0 Å². The zero-order valence-electron chi connectivity index (χ0n) is 33.5. The third kappa shape index (κ3) is 5.58. The van der Waals surface area contributed by atoms with Gasteiger partial charge in [-0.25, -0.2) is 9.97 Å². The Balaban J connectivity index is 0.966. The molecule has 0 aliphatic heterocycles. The normalized spacial score (nSPS) is 14.4. The molecule has 11 aromatic rings. The molecule has 2 heterocycles. The van der Waals surface area contributed by atoms with Gasteiger partial charge in [-0.05, 0) is 92.0 Å². The molecule has 0 saturated carbocycles. The number of nitrogens with zero attached hydrogens (tertiary/aromatic N) is 2. The molecule has 2 aromatic heterocycles. The lowest BCUT2D eigenvalue weighted by atomic mass is 9.74. The van der Waals surface area contributed by atoms with Gasteiger partial charge in [0.05, 0.1) is 11.4 Å². The summed E-state index contributed by atoms with van der Waals surface area (Å²) in [5.41, 5.74) is 17.5. The van der Waals surface area contributed by atoms with Gasteiger partial charge >= 0.3 is 0 Å². The molecule has 0 amide bonds. The molecular weight excluding hydrogens is 741 g/mol. The molecule has 1 atom stereocenters. The molecule has 1 aliphatic carbocycles. The lowest BCUT2D eigenvalue weighted by Gasteiger charge is -2.28. The lowest BCUT2D eigenvalue weighted by molar-refractivity contribution is 0.669. The number of rotatable bonds is 6. The quantitative estimate of drug-likeness (QED) is 0.169. The summed E-state index contributed by atoms with van der Waals surface area (Å²) < 4.78 is 6.15. The first-order chi connectivity index (χ1) is 30.1. The molecular formula is C58H38N2O. The van der Waals surface area contributed by atoms with Crippen LogP contribution in [0.2, 0.25) is 0 Å². The molecule has 0 N–H and O–H groups in total. The van der Waals surface area contributed by atoms with E-state index < -0.39 is 0 Å². The number of hydrogen-bond acceptors (Lipinski definition) is 3. The Kier molecular flexibility index (Phi) is 7.98. The highest BCUT2D eigenvalue weighted by atomic mass is 16.3.